The molecule has 0 spiro atoms. The zero-order chi connectivity index (χ0) is 10.3. The topological polar surface area (TPSA) is 66.0 Å². The Hall–Kier alpha value is -1.43. The number of fused-ring (bicyclic) bond motifs is 1. The largest absolute Gasteiger partial charge is 0.478 e. The highest BCUT2D eigenvalue weighted by atomic mass is 79.9. The molecule has 0 amide bonds. The molecular formula is C8H4BrFN2O2. The number of H-pyrrole nitrogens is 1. The lowest BCUT2D eigenvalue weighted by atomic mass is 10.1. The number of carboxylic acid groups (broad SMARTS) is 1. The maximum Gasteiger partial charge on any atom is 0.338 e. The molecule has 0 radical (unpaired) electrons. The fraction of sp³-hybridized carbons (Fsp3) is 0. The summed E-state index contributed by atoms with van der Waals surface area (Å²) in [5.41, 5.74) is 0.0268. The average molecular weight is 259 g/mol. The number of halogens is 2. The second kappa shape index (κ2) is 3.06. The summed E-state index contributed by atoms with van der Waals surface area (Å²) >= 11 is 3.05. The summed E-state index contributed by atoms with van der Waals surface area (Å²) in [6.07, 6.45) is 0. The van der Waals surface area contributed by atoms with Crippen molar-refractivity contribution in [3.05, 3.63) is 28.1 Å². The van der Waals surface area contributed by atoms with Gasteiger partial charge in [0.1, 0.15) is 10.4 Å². The van der Waals surface area contributed by atoms with Crippen LogP contribution in [-0.2, 0) is 0 Å². The molecule has 2 aromatic rings. The SMILES string of the molecule is O=C(O)c1ccc2n[nH]c(Br)c2c1F. The summed E-state index contributed by atoms with van der Waals surface area (Å²) in [6.45, 7) is 0. The molecule has 14 heavy (non-hydrogen) atoms. The molecule has 0 aliphatic rings. The van der Waals surface area contributed by atoms with Crippen molar-refractivity contribution in [3.63, 3.8) is 0 Å². The van der Waals surface area contributed by atoms with Crippen LogP contribution in [0.15, 0.2) is 16.7 Å². The minimum atomic E-state index is -1.29. The van der Waals surface area contributed by atoms with Crippen molar-refractivity contribution in [2.45, 2.75) is 0 Å². The predicted molar refractivity (Wildman–Crippen MR) is 50.7 cm³/mol. The highest BCUT2D eigenvalue weighted by Gasteiger charge is 2.16. The highest BCUT2D eigenvalue weighted by molar-refractivity contribution is 9.10. The molecule has 0 saturated carbocycles. The summed E-state index contributed by atoms with van der Waals surface area (Å²) in [7, 11) is 0. The number of hydrogen-bond acceptors (Lipinski definition) is 2. The van der Waals surface area contributed by atoms with Crippen LogP contribution in [0.4, 0.5) is 4.39 Å². The molecule has 72 valence electrons. The number of aromatic nitrogens is 2. The molecule has 2 rings (SSSR count). The number of benzene rings is 1. The molecule has 2 N–H and O–H groups in total. The molecule has 6 heteroatoms. The zero-order valence-corrected chi connectivity index (χ0v) is 8.30. The Balaban J connectivity index is 2.86. The van der Waals surface area contributed by atoms with Gasteiger partial charge in [-0.1, -0.05) is 0 Å². The Kier molecular flexibility index (Phi) is 1.99. The summed E-state index contributed by atoms with van der Waals surface area (Å²) < 4.78 is 13.9. The monoisotopic (exact) mass is 258 g/mol. The molecule has 0 aliphatic heterocycles. The minimum Gasteiger partial charge on any atom is -0.478 e. The standard InChI is InChI=1S/C8H4BrFN2O2/c9-7-5-4(11-12-7)2-1-3(6(5)10)8(13)14/h1-2H,(H,11,12)(H,13,14). The van der Waals surface area contributed by atoms with E-state index in [9.17, 15) is 9.18 Å². The van der Waals surface area contributed by atoms with Gasteiger partial charge in [-0.25, -0.2) is 9.18 Å². The number of hydrogen-bond donors (Lipinski definition) is 2. The Morgan fingerprint density at radius 1 is 1.57 bits per heavy atom. The fourth-order valence-electron chi connectivity index (χ4n) is 1.20. The zero-order valence-electron chi connectivity index (χ0n) is 6.71. The molecule has 0 fully saturated rings. The van der Waals surface area contributed by atoms with Gasteiger partial charge < -0.3 is 5.11 Å². The average Bonchev–Trinajstić information content (AvgIpc) is 2.48. The second-order valence-electron chi connectivity index (χ2n) is 2.66. The maximum atomic E-state index is 13.5. The van der Waals surface area contributed by atoms with Crippen LogP contribution in [0.1, 0.15) is 10.4 Å². The van der Waals surface area contributed by atoms with Crippen molar-refractivity contribution in [1.29, 1.82) is 0 Å². The van der Waals surface area contributed by atoms with Crippen molar-refractivity contribution in [1.82, 2.24) is 10.2 Å². The van der Waals surface area contributed by atoms with Crippen LogP contribution in [0.3, 0.4) is 0 Å². The van der Waals surface area contributed by atoms with E-state index in [-0.39, 0.29) is 10.9 Å². The van der Waals surface area contributed by atoms with E-state index in [2.05, 4.69) is 26.1 Å². The first-order valence-electron chi connectivity index (χ1n) is 3.66. The quantitative estimate of drug-likeness (QED) is 0.824. The predicted octanol–water partition coefficient (Wildman–Crippen LogP) is 2.16. The van der Waals surface area contributed by atoms with Crippen molar-refractivity contribution in [2.75, 3.05) is 0 Å². The summed E-state index contributed by atoms with van der Waals surface area (Å²) in [6, 6.07) is 2.64. The van der Waals surface area contributed by atoms with E-state index in [1.807, 2.05) is 0 Å². The van der Waals surface area contributed by atoms with Crippen molar-refractivity contribution in [2.24, 2.45) is 0 Å². The molecule has 0 atom stereocenters. The van der Waals surface area contributed by atoms with Gasteiger partial charge in [-0.3, -0.25) is 5.10 Å². The Morgan fingerprint density at radius 2 is 2.29 bits per heavy atom. The van der Waals surface area contributed by atoms with Crippen molar-refractivity contribution < 1.29 is 14.3 Å². The smallest absolute Gasteiger partial charge is 0.338 e. The van der Waals surface area contributed by atoms with Crippen LogP contribution < -0.4 is 0 Å². The molecule has 0 aliphatic carbocycles. The van der Waals surface area contributed by atoms with E-state index >= 15 is 0 Å². The maximum absolute atomic E-state index is 13.5. The third kappa shape index (κ3) is 1.19. The van der Waals surface area contributed by atoms with Gasteiger partial charge in [0.15, 0.2) is 0 Å². The molecule has 1 aromatic heterocycles. The first-order chi connectivity index (χ1) is 6.61. The molecule has 1 aromatic carbocycles. The van der Waals surface area contributed by atoms with Gasteiger partial charge in [0, 0.05) is 0 Å². The van der Waals surface area contributed by atoms with Crippen LogP contribution >= 0.6 is 15.9 Å². The van der Waals surface area contributed by atoms with Crippen LogP contribution in [-0.4, -0.2) is 21.3 Å². The van der Waals surface area contributed by atoms with Crippen molar-refractivity contribution in [3.8, 4) is 0 Å². The van der Waals surface area contributed by atoms with E-state index in [0.29, 0.717) is 10.1 Å². The Labute approximate surface area is 85.9 Å². The first-order valence-corrected chi connectivity index (χ1v) is 4.46. The molecule has 4 nitrogen and oxygen atoms in total. The number of rotatable bonds is 1. The minimum absolute atomic E-state index is 0.157. The van der Waals surface area contributed by atoms with Gasteiger partial charge in [-0.15, -0.1) is 0 Å². The third-order valence-electron chi connectivity index (χ3n) is 1.84. The van der Waals surface area contributed by atoms with Crippen LogP contribution in [0.25, 0.3) is 10.9 Å². The molecule has 0 bridgehead atoms. The van der Waals surface area contributed by atoms with Crippen molar-refractivity contribution >= 4 is 32.8 Å². The number of nitrogens with zero attached hydrogens (tertiary/aromatic N) is 1. The number of aromatic carboxylic acids is 1. The second-order valence-corrected chi connectivity index (χ2v) is 3.46. The van der Waals surface area contributed by atoms with Gasteiger partial charge in [0.05, 0.1) is 16.5 Å². The Morgan fingerprint density at radius 3 is 2.93 bits per heavy atom. The molecule has 1 heterocycles. The molecular weight excluding hydrogens is 255 g/mol. The molecule has 0 saturated heterocycles. The summed E-state index contributed by atoms with van der Waals surface area (Å²) in [5.74, 6) is -2.08. The number of aromatic amines is 1. The van der Waals surface area contributed by atoms with Crippen LogP contribution in [0.2, 0.25) is 0 Å². The van der Waals surface area contributed by atoms with Gasteiger partial charge in [-0.05, 0) is 28.1 Å². The molecule has 0 unspecified atom stereocenters. The van der Waals surface area contributed by atoms with Gasteiger partial charge in [0.2, 0.25) is 0 Å². The van der Waals surface area contributed by atoms with E-state index in [1.54, 1.807) is 0 Å². The Bertz CT molecular complexity index is 523. The number of carboxylic acids is 1. The van der Waals surface area contributed by atoms with E-state index in [0.717, 1.165) is 0 Å². The summed E-state index contributed by atoms with van der Waals surface area (Å²) in [5, 5.41) is 15.1. The lowest BCUT2D eigenvalue weighted by Gasteiger charge is -1.97. The normalized spacial score (nSPS) is 10.7. The fourth-order valence-corrected chi connectivity index (χ4v) is 1.66. The number of carbonyl (C=O) groups is 1. The third-order valence-corrected chi connectivity index (χ3v) is 2.42. The first kappa shape index (κ1) is 9.14. The van der Waals surface area contributed by atoms with E-state index in [1.165, 1.54) is 12.1 Å². The lowest BCUT2D eigenvalue weighted by Crippen LogP contribution is -2.00. The summed E-state index contributed by atoms with van der Waals surface area (Å²) in [4.78, 5) is 10.6. The highest BCUT2D eigenvalue weighted by Crippen LogP contribution is 2.26. The van der Waals surface area contributed by atoms with E-state index in [4.69, 9.17) is 5.11 Å². The number of nitrogens with one attached hydrogen (secondary N) is 1. The van der Waals surface area contributed by atoms with Gasteiger partial charge >= 0.3 is 5.97 Å². The van der Waals surface area contributed by atoms with Crippen LogP contribution in [0, 0.1) is 5.82 Å². The van der Waals surface area contributed by atoms with E-state index < -0.39 is 11.8 Å². The van der Waals surface area contributed by atoms with Gasteiger partial charge in [0.25, 0.3) is 0 Å². The lowest BCUT2D eigenvalue weighted by molar-refractivity contribution is 0.0692. The van der Waals surface area contributed by atoms with Crippen LogP contribution in [0.5, 0.6) is 0 Å². The van der Waals surface area contributed by atoms with Gasteiger partial charge in [-0.2, -0.15) is 5.10 Å².